The number of carbonyl (C=O) groups is 8. The first kappa shape index (κ1) is 61.2. The minimum absolute atomic E-state index is 0.0188. The zero-order chi connectivity index (χ0) is 48.3. The number of hydrogen-bond acceptors (Lipinski definition) is 13. The van der Waals surface area contributed by atoms with Crippen LogP contribution in [0.15, 0.2) is 0 Å². The summed E-state index contributed by atoms with van der Waals surface area (Å²) in [5.41, 5.74) is 0. The highest BCUT2D eigenvalue weighted by molar-refractivity contribution is 5.86. The Morgan fingerprint density at radius 1 is 0.508 bits per heavy atom. The van der Waals surface area contributed by atoms with Crippen LogP contribution in [0.2, 0.25) is 0 Å². The number of aliphatic carboxylic acids is 2. The minimum atomic E-state index is -1.17. The summed E-state index contributed by atoms with van der Waals surface area (Å²) in [5.74, 6) is -3.07. The highest BCUT2D eigenvalue weighted by Gasteiger charge is 2.22. The van der Waals surface area contributed by atoms with Gasteiger partial charge in [-0.1, -0.05) is 71.1 Å². The molecule has 18 nitrogen and oxygen atoms in total. The van der Waals surface area contributed by atoms with E-state index in [0.29, 0.717) is 58.1 Å². The predicted octanol–water partition coefficient (Wildman–Crippen LogP) is 4.90. The number of nitrogens with one attached hydrogen (secondary N) is 4. The lowest BCUT2D eigenvalue weighted by molar-refractivity contribution is -0.142. The molecule has 65 heavy (non-hydrogen) atoms. The molecule has 0 aromatic heterocycles. The molecule has 0 aromatic carbocycles. The van der Waals surface area contributed by atoms with E-state index in [4.69, 9.17) is 31.1 Å². The Morgan fingerprint density at radius 2 is 1.06 bits per heavy atom. The molecule has 0 aromatic rings. The van der Waals surface area contributed by atoms with Gasteiger partial charge in [-0.3, -0.25) is 33.6 Å². The molecular weight excluding hydrogens is 845 g/mol. The van der Waals surface area contributed by atoms with E-state index in [0.717, 1.165) is 70.6 Å². The second-order valence-electron chi connectivity index (χ2n) is 16.4. The fourth-order valence-electron chi connectivity index (χ4n) is 6.85. The van der Waals surface area contributed by atoms with E-state index in [1.807, 2.05) is 6.92 Å². The number of rotatable bonds is 48. The molecule has 0 aliphatic carbocycles. The van der Waals surface area contributed by atoms with Crippen molar-refractivity contribution in [3.63, 3.8) is 0 Å². The normalized spacial score (nSPS) is 12.5. The molecule has 18 heteroatoms. The zero-order valence-corrected chi connectivity index (χ0v) is 39.4. The maximum atomic E-state index is 12.3. The summed E-state index contributed by atoms with van der Waals surface area (Å²) >= 11 is 0. The molecule has 3 atom stereocenters. The molecule has 0 rings (SSSR count). The number of hydrogen-bond donors (Lipinski definition) is 6. The van der Waals surface area contributed by atoms with Gasteiger partial charge >= 0.3 is 11.9 Å². The first-order valence-corrected chi connectivity index (χ1v) is 23.9. The van der Waals surface area contributed by atoms with Crippen molar-refractivity contribution < 1.29 is 67.5 Å². The standard InChI is InChI=1S/C47H82N4O14/c1-4-18-40(48-3)42(54)26-23-38(37(2)52)19-15-16-27-49-44(56)35-65-34-32-63-30-28-50-45(57)36-64-33-31-62-29-17-20-39(53)24-25-41(47(60)61)51-43(55)21-13-11-9-7-5-6-8-10-12-14-22-46(58)59/h3,38,40-41,48H,4-36H2,1-2H3,(H,49,56)(H,50,57)(H,51,55)(H,58,59)(H,60,61)/t38-,40+,41+/m1/s1. The number of unbranched alkanes of at least 4 members (excludes halogenated alkanes) is 10. The molecule has 0 heterocycles. The van der Waals surface area contributed by atoms with Gasteiger partial charge in [0.25, 0.3) is 0 Å². The zero-order valence-electron chi connectivity index (χ0n) is 39.4. The van der Waals surface area contributed by atoms with Crippen molar-refractivity contribution in [2.24, 2.45) is 5.92 Å². The Balaban J connectivity index is 3.75. The Labute approximate surface area is 387 Å². The van der Waals surface area contributed by atoms with Crippen LogP contribution in [0.3, 0.4) is 0 Å². The van der Waals surface area contributed by atoms with Gasteiger partial charge in [-0.15, -0.1) is 0 Å². The Morgan fingerprint density at radius 3 is 1.62 bits per heavy atom. The van der Waals surface area contributed by atoms with Crippen LogP contribution in [-0.2, 0) is 57.3 Å². The second kappa shape index (κ2) is 42.8. The van der Waals surface area contributed by atoms with Gasteiger partial charge in [0.15, 0.2) is 0 Å². The third kappa shape index (κ3) is 39.1. The van der Waals surface area contributed by atoms with Crippen LogP contribution in [0.1, 0.15) is 162 Å². The van der Waals surface area contributed by atoms with Crippen LogP contribution < -0.4 is 21.3 Å². The molecule has 0 unspecified atom stereocenters. The lowest BCUT2D eigenvalue weighted by Gasteiger charge is -2.17. The Kier molecular flexibility index (Phi) is 40.2. The number of carbonyl (C=O) groups excluding carboxylic acids is 6. The second-order valence-corrected chi connectivity index (χ2v) is 16.4. The van der Waals surface area contributed by atoms with Gasteiger partial charge in [-0.25, -0.2) is 4.79 Å². The van der Waals surface area contributed by atoms with Crippen LogP contribution in [0.25, 0.3) is 0 Å². The monoisotopic (exact) mass is 927 g/mol. The van der Waals surface area contributed by atoms with E-state index in [2.05, 4.69) is 21.3 Å². The van der Waals surface area contributed by atoms with E-state index in [-0.39, 0.29) is 132 Å². The lowest BCUT2D eigenvalue weighted by Crippen LogP contribution is -2.41. The molecule has 6 N–H and O–H groups in total. The van der Waals surface area contributed by atoms with Crippen LogP contribution in [0.5, 0.6) is 0 Å². The number of ether oxygens (including phenoxy) is 4. The van der Waals surface area contributed by atoms with Crippen molar-refractivity contribution in [3.8, 4) is 0 Å². The number of amides is 3. The lowest BCUT2D eigenvalue weighted by atomic mass is 9.90. The third-order valence-electron chi connectivity index (χ3n) is 10.7. The molecule has 3 amide bonds. The van der Waals surface area contributed by atoms with Crippen molar-refractivity contribution in [3.05, 3.63) is 7.05 Å². The van der Waals surface area contributed by atoms with Crippen molar-refractivity contribution in [2.75, 3.05) is 65.9 Å². The number of ketones is 3. The molecule has 0 fully saturated rings. The minimum Gasteiger partial charge on any atom is -0.481 e. The molecule has 0 saturated carbocycles. The molecule has 0 aliphatic rings. The van der Waals surface area contributed by atoms with Gasteiger partial charge in [0.05, 0.1) is 39.1 Å². The average molecular weight is 927 g/mol. The smallest absolute Gasteiger partial charge is 0.326 e. The summed E-state index contributed by atoms with van der Waals surface area (Å²) in [5, 5.41) is 28.7. The summed E-state index contributed by atoms with van der Waals surface area (Å²) in [6, 6.07) is -1.50. The van der Waals surface area contributed by atoms with Crippen LogP contribution in [0.4, 0.5) is 0 Å². The SMILES string of the molecule is [CH]N[C@@H](CCC)C(=O)CC[C@@H](CCCCNC(=O)COCCOCCNC(=O)COCCOCCCC(=O)CC[C@H](NC(=O)CCCCCCCCCCCCC(=O)O)C(=O)O)C(C)=O. The molecule has 0 saturated heterocycles. The van der Waals surface area contributed by atoms with Crippen molar-refractivity contribution in [2.45, 2.75) is 174 Å². The van der Waals surface area contributed by atoms with E-state index in [1.54, 1.807) is 6.92 Å². The summed E-state index contributed by atoms with van der Waals surface area (Å²) in [4.78, 5) is 95.2. The first-order chi connectivity index (χ1) is 31.3. The first-order valence-electron chi connectivity index (χ1n) is 23.9. The van der Waals surface area contributed by atoms with Crippen molar-refractivity contribution in [1.29, 1.82) is 0 Å². The molecule has 2 radical (unpaired) electrons. The van der Waals surface area contributed by atoms with E-state index in [9.17, 15) is 43.5 Å². The maximum absolute atomic E-state index is 12.3. The number of Topliss-reactive ketones (excluding diaryl/α,β-unsaturated/α-hetero) is 3. The Hall–Kier alpha value is -3.84. The quantitative estimate of drug-likeness (QED) is 0.0350. The predicted molar refractivity (Wildman–Crippen MR) is 244 cm³/mol. The van der Waals surface area contributed by atoms with Gasteiger partial charge in [0, 0.05) is 64.8 Å². The highest BCUT2D eigenvalue weighted by Crippen LogP contribution is 2.18. The number of carboxylic acids is 2. The van der Waals surface area contributed by atoms with Gasteiger partial charge in [0.1, 0.15) is 36.6 Å². The molecular formula is C47H82N4O14. The highest BCUT2D eigenvalue weighted by atomic mass is 16.5. The molecule has 0 aliphatic heterocycles. The molecule has 0 spiro atoms. The fourth-order valence-corrected chi connectivity index (χ4v) is 6.85. The van der Waals surface area contributed by atoms with Crippen LogP contribution >= 0.6 is 0 Å². The van der Waals surface area contributed by atoms with Gasteiger partial charge in [0.2, 0.25) is 17.7 Å². The van der Waals surface area contributed by atoms with Gasteiger partial charge in [-0.05, 0) is 58.3 Å². The summed E-state index contributed by atoms with van der Waals surface area (Å²) < 4.78 is 21.5. The van der Waals surface area contributed by atoms with Gasteiger partial charge < -0.3 is 50.4 Å². The van der Waals surface area contributed by atoms with E-state index in [1.165, 1.54) is 0 Å². The topological polar surface area (TPSA) is 262 Å². The third-order valence-corrected chi connectivity index (χ3v) is 10.7. The van der Waals surface area contributed by atoms with Gasteiger partial charge in [-0.2, -0.15) is 0 Å². The van der Waals surface area contributed by atoms with Crippen molar-refractivity contribution in [1.82, 2.24) is 21.3 Å². The Bertz CT molecular complexity index is 1330. The maximum Gasteiger partial charge on any atom is 0.326 e. The molecule has 374 valence electrons. The largest absolute Gasteiger partial charge is 0.481 e. The summed E-state index contributed by atoms with van der Waals surface area (Å²) in [7, 11) is 5.48. The average Bonchev–Trinajstić information content (AvgIpc) is 3.26. The van der Waals surface area contributed by atoms with Crippen LogP contribution in [0, 0.1) is 13.0 Å². The van der Waals surface area contributed by atoms with E-state index >= 15 is 0 Å². The van der Waals surface area contributed by atoms with E-state index < -0.39 is 18.0 Å². The van der Waals surface area contributed by atoms with Crippen LogP contribution in [-0.4, -0.2) is 135 Å². The summed E-state index contributed by atoms with van der Waals surface area (Å²) in [6.07, 6.45) is 15.2. The molecule has 0 bridgehead atoms. The fraction of sp³-hybridized carbons (Fsp3) is 0.809. The number of carboxylic acid groups (broad SMARTS) is 2. The van der Waals surface area contributed by atoms with Crippen molar-refractivity contribution >= 4 is 47.0 Å². The summed E-state index contributed by atoms with van der Waals surface area (Å²) in [6.45, 7) is 5.36.